The molecule has 2 rings (SSSR count). The highest BCUT2D eigenvalue weighted by atomic mass is 16.7. The first kappa shape index (κ1) is 16.5. The summed E-state index contributed by atoms with van der Waals surface area (Å²) < 4.78 is 21.9. The van der Waals surface area contributed by atoms with Crippen molar-refractivity contribution in [1.29, 1.82) is 0 Å². The van der Waals surface area contributed by atoms with Gasteiger partial charge in [-0.05, 0) is 31.9 Å². The van der Waals surface area contributed by atoms with Gasteiger partial charge in [-0.25, -0.2) is 4.79 Å². The molecule has 1 aromatic carbocycles. The molecule has 5 heteroatoms. The lowest BCUT2D eigenvalue weighted by Crippen LogP contribution is -2.32. The van der Waals surface area contributed by atoms with Crippen LogP contribution in [0.5, 0.6) is 5.75 Å². The molecule has 0 spiro atoms. The fraction of sp³-hybridized carbons (Fsp3) is 0.471. The van der Waals surface area contributed by atoms with Crippen molar-refractivity contribution in [3.8, 4) is 5.75 Å². The van der Waals surface area contributed by atoms with E-state index < -0.39 is 12.4 Å². The number of carbonyl (C=O) groups excluding carboxylic acids is 1. The monoisotopic (exact) mass is 306 g/mol. The van der Waals surface area contributed by atoms with Gasteiger partial charge in [0.15, 0.2) is 12.4 Å². The first-order chi connectivity index (χ1) is 10.7. The fourth-order valence-corrected chi connectivity index (χ4v) is 2.33. The third-order valence-electron chi connectivity index (χ3n) is 3.47. The highest BCUT2D eigenvalue weighted by Crippen LogP contribution is 2.34. The predicted octanol–water partition coefficient (Wildman–Crippen LogP) is 3.01. The topological polar surface area (TPSA) is 54.0 Å². The van der Waals surface area contributed by atoms with Gasteiger partial charge in [-0.1, -0.05) is 18.2 Å². The molecule has 1 saturated heterocycles. The summed E-state index contributed by atoms with van der Waals surface area (Å²) in [4.78, 5) is 12.0. The zero-order chi connectivity index (χ0) is 15.9. The van der Waals surface area contributed by atoms with Crippen LogP contribution in [0.25, 0.3) is 0 Å². The summed E-state index contributed by atoms with van der Waals surface area (Å²) in [5, 5.41) is 0. The van der Waals surface area contributed by atoms with Gasteiger partial charge >= 0.3 is 5.97 Å². The Labute approximate surface area is 130 Å². The highest BCUT2D eigenvalue weighted by molar-refractivity contribution is 5.75. The lowest BCUT2D eigenvalue weighted by atomic mass is 10.1. The second-order valence-electron chi connectivity index (χ2n) is 4.95. The van der Waals surface area contributed by atoms with Crippen molar-refractivity contribution >= 4 is 5.97 Å². The molecule has 3 atom stereocenters. The lowest BCUT2D eigenvalue weighted by molar-refractivity contribution is -0.157. The van der Waals surface area contributed by atoms with Crippen molar-refractivity contribution in [2.75, 3.05) is 13.7 Å². The number of carbonyl (C=O) groups is 1. The van der Waals surface area contributed by atoms with Crippen LogP contribution in [-0.4, -0.2) is 31.9 Å². The molecule has 0 bridgehead atoms. The van der Waals surface area contributed by atoms with Gasteiger partial charge in [0.05, 0.1) is 19.8 Å². The highest BCUT2D eigenvalue weighted by Gasteiger charge is 2.41. The number of benzene rings is 1. The van der Waals surface area contributed by atoms with Crippen molar-refractivity contribution in [2.45, 2.75) is 38.3 Å². The van der Waals surface area contributed by atoms with Gasteiger partial charge < -0.3 is 18.9 Å². The number of methoxy groups -OCH3 is 1. The van der Waals surface area contributed by atoms with E-state index in [9.17, 15) is 4.79 Å². The maximum atomic E-state index is 12.0. The summed E-state index contributed by atoms with van der Waals surface area (Å²) in [7, 11) is 1.61. The molecular weight excluding hydrogens is 284 g/mol. The Hall–Kier alpha value is -1.85. The smallest absolute Gasteiger partial charge is 0.338 e. The molecule has 1 heterocycles. The van der Waals surface area contributed by atoms with E-state index in [0.717, 1.165) is 17.7 Å². The lowest BCUT2D eigenvalue weighted by Gasteiger charge is -2.14. The molecular formula is C17H22O5. The first-order valence-electron chi connectivity index (χ1n) is 7.42. The van der Waals surface area contributed by atoms with Crippen molar-refractivity contribution in [2.24, 2.45) is 0 Å². The van der Waals surface area contributed by atoms with Crippen LogP contribution < -0.4 is 4.74 Å². The minimum atomic E-state index is -0.702. The Bertz CT molecular complexity index is 496. The van der Waals surface area contributed by atoms with Crippen LogP contribution in [-0.2, 0) is 19.0 Å². The zero-order valence-electron chi connectivity index (χ0n) is 13.0. The molecule has 0 aromatic heterocycles. The molecule has 5 nitrogen and oxygen atoms in total. The van der Waals surface area contributed by atoms with Crippen LogP contribution in [0.15, 0.2) is 36.9 Å². The minimum Gasteiger partial charge on any atom is -0.497 e. The maximum Gasteiger partial charge on any atom is 0.338 e. The van der Waals surface area contributed by atoms with Crippen LogP contribution >= 0.6 is 0 Å². The van der Waals surface area contributed by atoms with Crippen LogP contribution in [0.3, 0.4) is 0 Å². The van der Waals surface area contributed by atoms with Crippen molar-refractivity contribution in [3.05, 3.63) is 42.5 Å². The number of esters is 1. The Kier molecular flexibility index (Phi) is 5.98. The SMILES string of the molecule is C=CCC[C@@H]1OC(c2ccc(OC)cc2)O[C@H]1C(=O)OCC. The quantitative estimate of drug-likeness (QED) is 0.572. The number of hydrogen-bond acceptors (Lipinski definition) is 5. The second-order valence-corrected chi connectivity index (χ2v) is 4.95. The number of allylic oxidation sites excluding steroid dienone is 1. The largest absolute Gasteiger partial charge is 0.497 e. The van der Waals surface area contributed by atoms with E-state index in [2.05, 4.69) is 6.58 Å². The Morgan fingerprint density at radius 3 is 2.64 bits per heavy atom. The van der Waals surface area contributed by atoms with Crippen molar-refractivity contribution in [3.63, 3.8) is 0 Å². The molecule has 0 saturated carbocycles. The molecule has 1 aliphatic heterocycles. The third-order valence-corrected chi connectivity index (χ3v) is 3.47. The average Bonchev–Trinajstić information content (AvgIpc) is 2.97. The molecule has 0 N–H and O–H groups in total. The normalized spacial score (nSPS) is 24.0. The average molecular weight is 306 g/mol. The van der Waals surface area contributed by atoms with E-state index >= 15 is 0 Å². The standard InChI is InChI=1S/C17H22O5/c1-4-6-7-14-15(16(18)20-5-2)22-17(21-14)12-8-10-13(19-3)11-9-12/h4,8-11,14-15,17H,1,5-7H2,2-3H3/t14-,15+,17?/m0/s1. The summed E-state index contributed by atoms with van der Waals surface area (Å²) in [5.41, 5.74) is 0.844. The van der Waals surface area contributed by atoms with E-state index in [1.807, 2.05) is 24.3 Å². The number of ether oxygens (including phenoxy) is 4. The number of rotatable bonds is 7. The molecule has 1 aliphatic rings. The van der Waals surface area contributed by atoms with Gasteiger partial charge in [0, 0.05) is 5.56 Å². The second kappa shape index (κ2) is 7.96. The maximum absolute atomic E-state index is 12.0. The third kappa shape index (κ3) is 3.87. The molecule has 22 heavy (non-hydrogen) atoms. The molecule has 0 aliphatic carbocycles. The van der Waals surface area contributed by atoms with E-state index in [1.54, 1.807) is 20.1 Å². The van der Waals surface area contributed by atoms with E-state index in [1.165, 1.54) is 0 Å². The summed E-state index contributed by atoms with van der Waals surface area (Å²) in [5.74, 6) is 0.375. The summed E-state index contributed by atoms with van der Waals surface area (Å²) in [6, 6.07) is 7.39. The molecule has 1 aromatic rings. The van der Waals surface area contributed by atoms with Gasteiger partial charge in [0.2, 0.25) is 0 Å². The van der Waals surface area contributed by atoms with E-state index in [4.69, 9.17) is 18.9 Å². The number of hydrogen-bond donors (Lipinski definition) is 0. The van der Waals surface area contributed by atoms with Gasteiger partial charge in [-0.15, -0.1) is 6.58 Å². The molecule has 120 valence electrons. The van der Waals surface area contributed by atoms with Gasteiger partial charge in [0.25, 0.3) is 0 Å². The van der Waals surface area contributed by atoms with Crippen molar-refractivity contribution < 1.29 is 23.7 Å². The predicted molar refractivity (Wildman–Crippen MR) is 81.5 cm³/mol. The summed E-state index contributed by atoms with van der Waals surface area (Å²) in [6.45, 7) is 5.79. The molecule has 0 radical (unpaired) electrons. The van der Waals surface area contributed by atoms with Crippen LogP contribution in [0.2, 0.25) is 0 Å². The fourth-order valence-electron chi connectivity index (χ4n) is 2.33. The molecule has 0 amide bonds. The Morgan fingerprint density at radius 2 is 2.05 bits per heavy atom. The van der Waals surface area contributed by atoms with Crippen LogP contribution in [0.1, 0.15) is 31.6 Å². The summed E-state index contributed by atoms with van der Waals surface area (Å²) >= 11 is 0. The van der Waals surface area contributed by atoms with Gasteiger partial charge in [-0.3, -0.25) is 0 Å². The first-order valence-corrected chi connectivity index (χ1v) is 7.42. The molecule has 1 unspecified atom stereocenters. The van der Waals surface area contributed by atoms with E-state index in [-0.39, 0.29) is 12.1 Å². The van der Waals surface area contributed by atoms with Crippen LogP contribution in [0, 0.1) is 0 Å². The van der Waals surface area contributed by atoms with Crippen LogP contribution in [0.4, 0.5) is 0 Å². The Morgan fingerprint density at radius 1 is 1.32 bits per heavy atom. The van der Waals surface area contributed by atoms with Gasteiger partial charge in [-0.2, -0.15) is 0 Å². The zero-order valence-corrected chi connectivity index (χ0v) is 13.0. The minimum absolute atomic E-state index is 0.320. The van der Waals surface area contributed by atoms with E-state index in [0.29, 0.717) is 13.0 Å². The summed E-state index contributed by atoms with van der Waals surface area (Å²) in [6.07, 6.45) is 1.61. The van der Waals surface area contributed by atoms with Crippen molar-refractivity contribution in [1.82, 2.24) is 0 Å². The van der Waals surface area contributed by atoms with Gasteiger partial charge in [0.1, 0.15) is 5.75 Å². The molecule has 1 fully saturated rings. The Balaban J connectivity index is 2.10.